The molecular formula is C12H8ClF2NO3S. The lowest BCUT2D eigenvalue weighted by Crippen LogP contribution is -2.15. The molecule has 0 saturated carbocycles. The minimum atomic E-state index is -4.33. The van der Waals surface area contributed by atoms with Gasteiger partial charge in [-0.15, -0.1) is 0 Å². The van der Waals surface area contributed by atoms with Crippen molar-refractivity contribution in [3.8, 4) is 5.75 Å². The molecule has 2 N–H and O–H groups in total. The van der Waals surface area contributed by atoms with E-state index in [9.17, 15) is 17.2 Å². The van der Waals surface area contributed by atoms with Crippen LogP contribution in [0.2, 0.25) is 5.02 Å². The van der Waals surface area contributed by atoms with Crippen molar-refractivity contribution >= 4 is 27.3 Å². The first-order valence-corrected chi connectivity index (χ1v) is 7.12. The van der Waals surface area contributed by atoms with Crippen molar-refractivity contribution in [2.45, 2.75) is 4.90 Å². The molecule has 0 unspecified atom stereocenters. The van der Waals surface area contributed by atoms with E-state index in [1.54, 1.807) is 0 Å². The first-order valence-electron chi connectivity index (χ1n) is 5.26. The standard InChI is InChI=1S/C12H8ClF2NO3S/c13-9-6-8(17)2-4-11(9)16-20(18,19)12-5-7(14)1-3-10(12)15/h1-6,16-17H. The third-order valence-corrected chi connectivity index (χ3v) is 4.07. The SMILES string of the molecule is O=S(=O)(Nc1ccc(O)cc1Cl)c1cc(F)ccc1F. The monoisotopic (exact) mass is 319 g/mol. The predicted molar refractivity (Wildman–Crippen MR) is 70.3 cm³/mol. The summed E-state index contributed by atoms with van der Waals surface area (Å²) in [5.41, 5.74) is -0.0619. The van der Waals surface area contributed by atoms with Gasteiger partial charge in [-0.3, -0.25) is 4.72 Å². The van der Waals surface area contributed by atoms with Gasteiger partial charge >= 0.3 is 0 Å². The van der Waals surface area contributed by atoms with Gasteiger partial charge in [0, 0.05) is 6.07 Å². The van der Waals surface area contributed by atoms with Crippen LogP contribution >= 0.6 is 11.6 Å². The molecule has 20 heavy (non-hydrogen) atoms. The lowest BCUT2D eigenvalue weighted by atomic mass is 10.3. The highest BCUT2D eigenvalue weighted by Gasteiger charge is 2.21. The maximum absolute atomic E-state index is 13.5. The summed E-state index contributed by atoms with van der Waals surface area (Å²) < 4.78 is 52.5. The van der Waals surface area contributed by atoms with E-state index in [2.05, 4.69) is 0 Å². The molecule has 0 saturated heterocycles. The lowest BCUT2D eigenvalue weighted by molar-refractivity contribution is 0.475. The molecule has 0 amide bonds. The molecule has 0 heterocycles. The first kappa shape index (κ1) is 14.5. The first-order chi connectivity index (χ1) is 9.29. The second kappa shape index (κ2) is 5.26. The Balaban J connectivity index is 2.43. The number of aromatic hydroxyl groups is 1. The van der Waals surface area contributed by atoms with Gasteiger partial charge in [0.1, 0.15) is 22.3 Å². The summed E-state index contributed by atoms with van der Waals surface area (Å²) in [6, 6.07) is 5.59. The largest absolute Gasteiger partial charge is 0.508 e. The van der Waals surface area contributed by atoms with Gasteiger partial charge in [-0.2, -0.15) is 0 Å². The molecule has 0 aliphatic rings. The number of phenols is 1. The molecule has 0 atom stereocenters. The molecule has 0 aliphatic heterocycles. The molecule has 0 fully saturated rings. The van der Waals surface area contributed by atoms with Gasteiger partial charge in [-0.1, -0.05) is 11.6 Å². The van der Waals surface area contributed by atoms with Crippen LogP contribution in [-0.4, -0.2) is 13.5 Å². The van der Waals surface area contributed by atoms with Crippen LogP contribution in [0.1, 0.15) is 0 Å². The molecule has 4 nitrogen and oxygen atoms in total. The van der Waals surface area contributed by atoms with Gasteiger partial charge in [0.15, 0.2) is 0 Å². The molecule has 2 aromatic carbocycles. The zero-order valence-electron chi connectivity index (χ0n) is 9.77. The van der Waals surface area contributed by atoms with Gasteiger partial charge in [-0.05, 0) is 30.3 Å². The normalized spacial score (nSPS) is 11.3. The van der Waals surface area contributed by atoms with Crippen LogP contribution in [0.5, 0.6) is 5.75 Å². The fourth-order valence-corrected chi connectivity index (χ4v) is 2.92. The second-order valence-electron chi connectivity index (χ2n) is 3.84. The molecule has 0 radical (unpaired) electrons. The molecule has 2 aromatic rings. The Hall–Kier alpha value is -1.86. The number of benzene rings is 2. The molecule has 0 bridgehead atoms. The van der Waals surface area contributed by atoms with E-state index < -0.39 is 26.6 Å². The average molecular weight is 320 g/mol. The molecule has 0 spiro atoms. The van der Waals surface area contributed by atoms with Crippen molar-refractivity contribution in [3.63, 3.8) is 0 Å². The lowest BCUT2D eigenvalue weighted by Gasteiger charge is -2.10. The Labute approximate surface area is 118 Å². The molecule has 106 valence electrons. The Bertz CT molecular complexity index is 765. The fourth-order valence-electron chi connectivity index (χ4n) is 1.47. The zero-order valence-corrected chi connectivity index (χ0v) is 11.3. The maximum atomic E-state index is 13.5. The van der Waals surface area contributed by atoms with E-state index in [0.29, 0.717) is 12.1 Å². The number of nitrogens with one attached hydrogen (secondary N) is 1. The minimum absolute atomic E-state index is 0.0619. The number of halogens is 3. The number of rotatable bonds is 3. The van der Waals surface area contributed by atoms with Gasteiger partial charge in [-0.25, -0.2) is 17.2 Å². The summed E-state index contributed by atoms with van der Waals surface area (Å²) in [7, 11) is -4.33. The van der Waals surface area contributed by atoms with Gasteiger partial charge in [0.2, 0.25) is 0 Å². The predicted octanol–water partition coefficient (Wildman–Crippen LogP) is 3.12. The summed E-state index contributed by atoms with van der Waals surface area (Å²) in [6.45, 7) is 0. The van der Waals surface area contributed by atoms with Gasteiger partial charge < -0.3 is 5.11 Å². The van der Waals surface area contributed by atoms with E-state index in [0.717, 1.165) is 12.1 Å². The van der Waals surface area contributed by atoms with E-state index in [1.165, 1.54) is 12.1 Å². The number of hydrogen-bond donors (Lipinski definition) is 2. The topological polar surface area (TPSA) is 66.4 Å². The zero-order chi connectivity index (χ0) is 14.9. The highest BCUT2D eigenvalue weighted by molar-refractivity contribution is 7.92. The van der Waals surface area contributed by atoms with Crippen LogP contribution in [0.4, 0.5) is 14.5 Å². The molecule has 8 heteroatoms. The van der Waals surface area contributed by atoms with E-state index in [4.69, 9.17) is 16.7 Å². The molecule has 2 rings (SSSR count). The summed E-state index contributed by atoms with van der Waals surface area (Å²) in [5, 5.41) is 9.08. The van der Waals surface area contributed by atoms with E-state index >= 15 is 0 Å². The van der Waals surface area contributed by atoms with E-state index in [-0.39, 0.29) is 16.5 Å². The third-order valence-electron chi connectivity index (χ3n) is 2.38. The van der Waals surface area contributed by atoms with Crippen LogP contribution in [0.25, 0.3) is 0 Å². The number of phenolic OH excluding ortho intramolecular Hbond substituents is 1. The summed E-state index contributed by atoms with van der Waals surface area (Å²) >= 11 is 5.74. The molecule has 0 aliphatic carbocycles. The maximum Gasteiger partial charge on any atom is 0.264 e. The van der Waals surface area contributed by atoms with Crippen LogP contribution in [0.15, 0.2) is 41.3 Å². The van der Waals surface area contributed by atoms with Crippen molar-refractivity contribution in [2.75, 3.05) is 4.72 Å². The van der Waals surface area contributed by atoms with Crippen molar-refractivity contribution in [1.82, 2.24) is 0 Å². The van der Waals surface area contributed by atoms with Crippen LogP contribution < -0.4 is 4.72 Å². The summed E-state index contributed by atoms with van der Waals surface area (Å²) in [5.74, 6) is -2.13. The van der Waals surface area contributed by atoms with Crippen molar-refractivity contribution in [3.05, 3.63) is 53.1 Å². The fraction of sp³-hybridized carbons (Fsp3) is 0. The van der Waals surface area contributed by atoms with Crippen molar-refractivity contribution in [2.24, 2.45) is 0 Å². The van der Waals surface area contributed by atoms with Crippen molar-refractivity contribution in [1.29, 1.82) is 0 Å². The van der Waals surface area contributed by atoms with Crippen LogP contribution in [0, 0.1) is 11.6 Å². The van der Waals surface area contributed by atoms with Gasteiger partial charge in [0.05, 0.1) is 10.7 Å². The summed E-state index contributed by atoms with van der Waals surface area (Å²) in [4.78, 5) is -0.832. The Morgan fingerprint density at radius 1 is 1.10 bits per heavy atom. The number of hydrogen-bond acceptors (Lipinski definition) is 3. The number of sulfonamides is 1. The van der Waals surface area contributed by atoms with Gasteiger partial charge in [0.25, 0.3) is 10.0 Å². The molecule has 0 aromatic heterocycles. The second-order valence-corrected chi connectivity index (χ2v) is 5.90. The van der Waals surface area contributed by atoms with Crippen LogP contribution in [-0.2, 0) is 10.0 Å². The smallest absolute Gasteiger partial charge is 0.264 e. The Morgan fingerprint density at radius 2 is 1.80 bits per heavy atom. The van der Waals surface area contributed by atoms with Crippen molar-refractivity contribution < 1.29 is 22.3 Å². The highest BCUT2D eigenvalue weighted by Crippen LogP contribution is 2.28. The number of anilines is 1. The van der Waals surface area contributed by atoms with Crippen LogP contribution in [0.3, 0.4) is 0 Å². The molecular weight excluding hydrogens is 312 g/mol. The van der Waals surface area contributed by atoms with E-state index in [1.807, 2.05) is 4.72 Å². The summed E-state index contributed by atoms with van der Waals surface area (Å²) in [6.07, 6.45) is 0. The highest BCUT2D eigenvalue weighted by atomic mass is 35.5. The Morgan fingerprint density at radius 3 is 2.45 bits per heavy atom. The Kier molecular flexibility index (Phi) is 3.82. The minimum Gasteiger partial charge on any atom is -0.508 e. The quantitative estimate of drug-likeness (QED) is 0.854. The average Bonchev–Trinajstić information content (AvgIpc) is 2.35. The third kappa shape index (κ3) is 3.00.